The van der Waals surface area contributed by atoms with Crippen LogP contribution < -0.4 is 0 Å². The number of halogens is 1. The van der Waals surface area contributed by atoms with E-state index in [4.69, 9.17) is 4.52 Å². The van der Waals surface area contributed by atoms with Crippen molar-refractivity contribution in [3.63, 3.8) is 0 Å². The molecule has 0 N–H and O–H groups in total. The lowest BCUT2D eigenvalue weighted by Gasteiger charge is -2.18. The largest absolute Gasteiger partial charge is 0.469 e. The van der Waals surface area contributed by atoms with Crippen LogP contribution in [0.25, 0.3) is 22.4 Å². The van der Waals surface area contributed by atoms with Crippen LogP contribution in [0.4, 0.5) is 4.39 Å². The van der Waals surface area contributed by atoms with Gasteiger partial charge in [0.1, 0.15) is 5.82 Å². The van der Waals surface area contributed by atoms with Gasteiger partial charge in [-0.3, -0.25) is 9.59 Å². The van der Waals surface area contributed by atoms with Crippen molar-refractivity contribution in [2.24, 2.45) is 0 Å². The monoisotopic (exact) mass is 385 g/mol. The van der Waals surface area contributed by atoms with Gasteiger partial charge in [0.25, 0.3) is 11.6 Å². The summed E-state index contributed by atoms with van der Waals surface area (Å²) in [5, 5.41) is 4.45. The number of aromatic nitrogens is 2. The summed E-state index contributed by atoms with van der Waals surface area (Å²) in [5.41, 5.74) is 2.32. The molecule has 0 spiro atoms. The number of hydrogen-bond acceptors (Lipinski definition) is 6. The number of nitrogens with zero attached hydrogens (tertiary/aromatic N) is 3. The second-order valence-corrected chi connectivity index (χ2v) is 6.42. The third-order valence-electron chi connectivity index (χ3n) is 4.44. The summed E-state index contributed by atoms with van der Waals surface area (Å²) in [5.74, 6) is -0.922. The second kappa shape index (κ2) is 8.16. The maximum atomic E-state index is 13.2. The maximum Gasteiger partial charge on any atom is 0.305 e. The summed E-state index contributed by atoms with van der Waals surface area (Å²) in [6.07, 6.45) is 0.712. The molecule has 28 heavy (non-hydrogen) atoms. The fourth-order valence-corrected chi connectivity index (χ4v) is 2.90. The molecule has 0 saturated heterocycles. The molecule has 0 fully saturated rings. The summed E-state index contributed by atoms with van der Waals surface area (Å²) in [6, 6.07) is 7.47. The smallest absolute Gasteiger partial charge is 0.305 e. The summed E-state index contributed by atoms with van der Waals surface area (Å²) in [7, 11) is 2.99. The minimum absolute atomic E-state index is 0.229. The van der Waals surface area contributed by atoms with Crippen molar-refractivity contribution in [1.82, 2.24) is 15.0 Å². The molecule has 0 unspecified atom stereocenters. The molecule has 3 aromatic rings. The second-order valence-electron chi connectivity index (χ2n) is 6.42. The lowest BCUT2D eigenvalue weighted by Crippen LogP contribution is -2.28. The van der Waals surface area contributed by atoms with Crippen LogP contribution in [-0.4, -0.2) is 47.6 Å². The van der Waals surface area contributed by atoms with E-state index in [9.17, 15) is 14.0 Å². The first kappa shape index (κ1) is 19.5. The molecule has 0 aliphatic heterocycles. The highest BCUT2D eigenvalue weighted by molar-refractivity contribution is 6.06. The Kier molecular flexibility index (Phi) is 5.67. The molecule has 0 saturated carbocycles. The van der Waals surface area contributed by atoms with Crippen LogP contribution in [0, 0.1) is 12.7 Å². The van der Waals surface area contributed by atoms with Gasteiger partial charge < -0.3 is 14.2 Å². The molecule has 3 rings (SSSR count). The molecule has 2 aromatic heterocycles. The molecule has 7 nitrogen and oxygen atoms in total. The number of benzene rings is 1. The molecule has 2 heterocycles. The first-order chi connectivity index (χ1) is 13.4. The first-order valence-corrected chi connectivity index (χ1v) is 8.76. The fourth-order valence-electron chi connectivity index (χ4n) is 2.90. The highest BCUT2D eigenvalue weighted by atomic mass is 19.1. The van der Waals surface area contributed by atoms with E-state index in [0.29, 0.717) is 40.9 Å². The zero-order chi connectivity index (χ0) is 20.3. The molecular weight excluding hydrogens is 365 g/mol. The van der Waals surface area contributed by atoms with Gasteiger partial charge in [0, 0.05) is 25.6 Å². The van der Waals surface area contributed by atoms with E-state index in [0.717, 1.165) is 0 Å². The van der Waals surface area contributed by atoms with Crippen LogP contribution in [0.5, 0.6) is 0 Å². The van der Waals surface area contributed by atoms with E-state index >= 15 is 0 Å². The SMILES string of the molecule is COC(=O)CCCN(C)C(=O)c1cc(-c2ccc(F)cc2)nc2onc(C)c12. The number of amides is 1. The van der Waals surface area contributed by atoms with Crippen LogP contribution in [0.15, 0.2) is 34.9 Å². The molecule has 0 atom stereocenters. The first-order valence-electron chi connectivity index (χ1n) is 8.76. The zero-order valence-electron chi connectivity index (χ0n) is 15.9. The van der Waals surface area contributed by atoms with E-state index < -0.39 is 0 Å². The number of carbonyl (C=O) groups excluding carboxylic acids is 2. The molecule has 146 valence electrons. The summed E-state index contributed by atoms with van der Waals surface area (Å²) in [6.45, 7) is 2.12. The third kappa shape index (κ3) is 4.00. The van der Waals surface area contributed by atoms with E-state index in [-0.39, 0.29) is 29.8 Å². The normalized spacial score (nSPS) is 10.9. The van der Waals surface area contributed by atoms with E-state index in [1.807, 2.05) is 0 Å². The number of pyridine rings is 1. The zero-order valence-corrected chi connectivity index (χ0v) is 15.9. The topological polar surface area (TPSA) is 85.5 Å². The van der Waals surface area contributed by atoms with E-state index in [1.54, 1.807) is 32.2 Å². The number of hydrogen-bond donors (Lipinski definition) is 0. The van der Waals surface area contributed by atoms with Crippen LogP contribution in [-0.2, 0) is 9.53 Å². The Labute approximate surface area is 161 Å². The molecule has 0 aliphatic rings. The number of methoxy groups -OCH3 is 1. The molecule has 0 aliphatic carbocycles. The standard InChI is InChI=1S/C20H20FN3O4/c1-12-18-15(20(26)24(2)10-4-5-17(25)27-3)11-16(22-19(18)28-23-12)13-6-8-14(21)9-7-13/h6-9,11H,4-5,10H2,1-3H3. The highest BCUT2D eigenvalue weighted by Crippen LogP contribution is 2.28. The van der Waals surface area contributed by atoms with Gasteiger partial charge in [-0.1, -0.05) is 5.16 Å². The van der Waals surface area contributed by atoms with Gasteiger partial charge in [-0.25, -0.2) is 9.37 Å². The predicted octanol–water partition coefficient (Wildman–Crippen LogP) is 3.36. The van der Waals surface area contributed by atoms with E-state index in [2.05, 4.69) is 14.9 Å². The van der Waals surface area contributed by atoms with Crippen molar-refractivity contribution in [2.45, 2.75) is 19.8 Å². The van der Waals surface area contributed by atoms with Gasteiger partial charge in [0.2, 0.25) is 0 Å². The number of aryl methyl sites for hydroxylation is 1. The summed E-state index contributed by atoms with van der Waals surface area (Å²) in [4.78, 5) is 30.2. The summed E-state index contributed by atoms with van der Waals surface area (Å²) >= 11 is 0. The average Bonchev–Trinajstić information content (AvgIpc) is 3.08. The highest BCUT2D eigenvalue weighted by Gasteiger charge is 2.22. The van der Waals surface area contributed by atoms with Crippen LogP contribution in [0.2, 0.25) is 0 Å². The molecule has 1 amide bonds. The van der Waals surface area contributed by atoms with Gasteiger partial charge in [-0.2, -0.15) is 0 Å². The number of esters is 1. The lowest BCUT2D eigenvalue weighted by molar-refractivity contribution is -0.140. The maximum absolute atomic E-state index is 13.2. The average molecular weight is 385 g/mol. The Hall–Kier alpha value is -3.29. The summed E-state index contributed by atoms with van der Waals surface area (Å²) < 4.78 is 23.1. The van der Waals surface area contributed by atoms with Crippen LogP contribution >= 0.6 is 0 Å². The molecule has 0 radical (unpaired) electrons. The fraction of sp³-hybridized carbons (Fsp3) is 0.300. The Bertz CT molecular complexity index is 1010. The van der Waals surface area contributed by atoms with Gasteiger partial charge >= 0.3 is 5.97 Å². The predicted molar refractivity (Wildman–Crippen MR) is 100 cm³/mol. The number of ether oxygens (including phenoxy) is 1. The Morgan fingerprint density at radius 2 is 1.96 bits per heavy atom. The number of carbonyl (C=O) groups is 2. The molecule has 0 bridgehead atoms. The van der Waals surface area contributed by atoms with Crippen molar-refractivity contribution < 1.29 is 23.2 Å². The van der Waals surface area contributed by atoms with Crippen LogP contribution in [0.1, 0.15) is 28.9 Å². The molecule has 1 aromatic carbocycles. The van der Waals surface area contributed by atoms with Gasteiger partial charge in [0.05, 0.1) is 29.4 Å². The number of rotatable bonds is 6. The van der Waals surface area contributed by atoms with Gasteiger partial charge in [-0.05, 0) is 43.7 Å². The van der Waals surface area contributed by atoms with Gasteiger partial charge in [0.15, 0.2) is 0 Å². The van der Waals surface area contributed by atoms with Crippen molar-refractivity contribution >= 4 is 23.0 Å². The Morgan fingerprint density at radius 3 is 2.64 bits per heavy atom. The Balaban J connectivity index is 1.94. The van der Waals surface area contributed by atoms with E-state index in [1.165, 1.54) is 24.1 Å². The third-order valence-corrected chi connectivity index (χ3v) is 4.44. The van der Waals surface area contributed by atoms with Crippen molar-refractivity contribution in [3.8, 4) is 11.3 Å². The van der Waals surface area contributed by atoms with Crippen LogP contribution in [0.3, 0.4) is 0 Å². The van der Waals surface area contributed by atoms with Gasteiger partial charge in [-0.15, -0.1) is 0 Å². The number of fused-ring (bicyclic) bond motifs is 1. The molecule has 8 heteroatoms. The quantitative estimate of drug-likeness (QED) is 0.605. The minimum Gasteiger partial charge on any atom is -0.469 e. The van der Waals surface area contributed by atoms with Crippen molar-refractivity contribution in [2.75, 3.05) is 20.7 Å². The van der Waals surface area contributed by atoms with Crippen molar-refractivity contribution in [1.29, 1.82) is 0 Å². The Morgan fingerprint density at radius 1 is 1.25 bits per heavy atom. The minimum atomic E-state index is -0.359. The van der Waals surface area contributed by atoms with Crippen molar-refractivity contribution in [3.05, 3.63) is 47.4 Å². The molecular formula is C20H20FN3O4. The lowest BCUT2D eigenvalue weighted by atomic mass is 10.0.